The Labute approximate surface area is 150 Å². The summed E-state index contributed by atoms with van der Waals surface area (Å²) in [6, 6.07) is 11.3. The van der Waals surface area contributed by atoms with Crippen molar-refractivity contribution in [2.75, 3.05) is 13.7 Å². The predicted octanol–water partition coefficient (Wildman–Crippen LogP) is 4.09. The first-order valence-corrected chi connectivity index (χ1v) is 7.82. The Hall–Kier alpha value is -2.86. The Morgan fingerprint density at radius 2 is 2.00 bits per heavy atom. The third kappa shape index (κ3) is 4.81. The maximum Gasteiger partial charge on any atom is 0.283 e. The highest BCUT2D eigenvalue weighted by molar-refractivity contribution is 6.31. The van der Waals surface area contributed by atoms with Crippen LogP contribution in [0, 0.1) is 10.1 Å². The molecule has 2 aromatic rings. The summed E-state index contributed by atoms with van der Waals surface area (Å²) in [5, 5.41) is 11.3. The van der Waals surface area contributed by atoms with Crippen molar-refractivity contribution in [3.8, 4) is 5.75 Å². The lowest BCUT2D eigenvalue weighted by Gasteiger charge is -2.17. The molecule has 7 heteroatoms. The van der Waals surface area contributed by atoms with Gasteiger partial charge < -0.3 is 9.64 Å². The molecule has 0 aromatic heterocycles. The minimum Gasteiger partial charge on any atom is -0.490 e. The molecule has 0 aliphatic heterocycles. The molecule has 25 heavy (non-hydrogen) atoms. The van der Waals surface area contributed by atoms with E-state index >= 15 is 0 Å². The maximum atomic E-state index is 12.5. The standard InChI is InChI=1S/C18H17ClN2O4/c1-3-10-25-15-7-4-13(5-8-15)12-20(2)18(22)16-9-6-14(19)11-17(16)21(23)24/h3-9,11H,1,10,12H2,2H3. The fraction of sp³-hybridized carbons (Fsp3) is 0.167. The lowest BCUT2D eigenvalue weighted by atomic mass is 10.1. The van der Waals surface area contributed by atoms with Gasteiger partial charge in [0.2, 0.25) is 0 Å². The summed E-state index contributed by atoms with van der Waals surface area (Å²) in [6.45, 7) is 4.30. The van der Waals surface area contributed by atoms with E-state index in [0.29, 0.717) is 18.9 Å². The summed E-state index contributed by atoms with van der Waals surface area (Å²) < 4.78 is 5.40. The second-order valence-electron chi connectivity index (χ2n) is 5.32. The molecule has 0 N–H and O–H groups in total. The number of halogens is 1. The average Bonchev–Trinajstić information content (AvgIpc) is 2.60. The van der Waals surface area contributed by atoms with Gasteiger partial charge in [-0.05, 0) is 29.8 Å². The predicted molar refractivity (Wildman–Crippen MR) is 96.0 cm³/mol. The molecule has 0 aliphatic rings. The Kier molecular flexibility index (Phi) is 6.14. The van der Waals surface area contributed by atoms with Crippen LogP contribution in [0.15, 0.2) is 55.1 Å². The van der Waals surface area contributed by atoms with Gasteiger partial charge in [-0.3, -0.25) is 14.9 Å². The van der Waals surface area contributed by atoms with Crippen LogP contribution in [0.4, 0.5) is 5.69 Å². The van der Waals surface area contributed by atoms with Crippen LogP contribution in [0.3, 0.4) is 0 Å². The fourth-order valence-electron chi connectivity index (χ4n) is 2.23. The third-order valence-corrected chi connectivity index (χ3v) is 3.68. The van der Waals surface area contributed by atoms with E-state index in [0.717, 1.165) is 5.56 Å². The summed E-state index contributed by atoms with van der Waals surface area (Å²) >= 11 is 5.78. The van der Waals surface area contributed by atoms with Gasteiger partial charge in [0, 0.05) is 24.7 Å². The molecule has 0 spiro atoms. The molecule has 0 radical (unpaired) electrons. The molecule has 0 aliphatic carbocycles. The fourth-order valence-corrected chi connectivity index (χ4v) is 2.40. The number of ether oxygens (including phenoxy) is 1. The zero-order chi connectivity index (χ0) is 18.4. The molecule has 0 bridgehead atoms. The number of hydrogen-bond donors (Lipinski definition) is 0. The molecule has 0 atom stereocenters. The van der Waals surface area contributed by atoms with Crippen LogP contribution in [0.5, 0.6) is 5.75 Å². The van der Waals surface area contributed by atoms with E-state index in [4.69, 9.17) is 16.3 Å². The van der Waals surface area contributed by atoms with Crippen molar-refractivity contribution in [1.29, 1.82) is 0 Å². The smallest absolute Gasteiger partial charge is 0.283 e. The summed E-state index contributed by atoms with van der Waals surface area (Å²) in [5.74, 6) is 0.251. The third-order valence-electron chi connectivity index (χ3n) is 3.44. The van der Waals surface area contributed by atoms with Gasteiger partial charge in [0.1, 0.15) is 17.9 Å². The second kappa shape index (κ2) is 8.30. The topological polar surface area (TPSA) is 72.7 Å². The first kappa shape index (κ1) is 18.5. The molecular weight excluding hydrogens is 344 g/mol. The van der Waals surface area contributed by atoms with E-state index in [9.17, 15) is 14.9 Å². The second-order valence-corrected chi connectivity index (χ2v) is 5.76. The number of nitro groups is 1. The number of benzene rings is 2. The van der Waals surface area contributed by atoms with E-state index in [2.05, 4.69) is 6.58 Å². The molecule has 130 valence electrons. The van der Waals surface area contributed by atoms with Crippen molar-refractivity contribution in [2.45, 2.75) is 6.54 Å². The van der Waals surface area contributed by atoms with Gasteiger partial charge in [0.05, 0.1) is 4.92 Å². The summed E-state index contributed by atoms with van der Waals surface area (Å²) in [4.78, 5) is 24.5. The highest BCUT2D eigenvalue weighted by Crippen LogP contribution is 2.25. The van der Waals surface area contributed by atoms with Gasteiger partial charge in [-0.1, -0.05) is 36.4 Å². The van der Waals surface area contributed by atoms with E-state index in [1.807, 2.05) is 12.1 Å². The lowest BCUT2D eigenvalue weighted by molar-refractivity contribution is -0.385. The first-order valence-electron chi connectivity index (χ1n) is 7.44. The highest BCUT2D eigenvalue weighted by atomic mass is 35.5. The minimum atomic E-state index is -0.612. The summed E-state index contributed by atoms with van der Waals surface area (Å²) in [7, 11) is 1.59. The number of amides is 1. The Morgan fingerprint density at radius 1 is 1.32 bits per heavy atom. The van der Waals surface area contributed by atoms with Crippen LogP contribution in [0.1, 0.15) is 15.9 Å². The molecule has 2 aromatic carbocycles. The molecule has 0 fully saturated rings. The van der Waals surface area contributed by atoms with Gasteiger partial charge in [-0.2, -0.15) is 0 Å². The van der Waals surface area contributed by atoms with Crippen LogP contribution in [-0.2, 0) is 6.54 Å². The Morgan fingerprint density at radius 3 is 2.60 bits per heavy atom. The Balaban J connectivity index is 2.13. The van der Waals surface area contributed by atoms with Gasteiger partial charge in [0.15, 0.2) is 0 Å². The highest BCUT2D eigenvalue weighted by Gasteiger charge is 2.23. The number of nitrogens with zero attached hydrogens (tertiary/aromatic N) is 2. The van der Waals surface area contributed by atoms with Gasteiger partial charge in [-0.15, -0.1) is 0 Å². The van der Waals surface area contributed by atoms with Crippen LogP contribution < -0.4 is 4.74 Å². The van der Waals surface area contributed by atoms with Crippen LogP contribution in [0.25, 0.3) is 0 Å². The van der Waals surface area contributed by atoms with Crippen molar-refractivity contribution < 1.29 is 14.5 Å². The minimum absolute atomic E-state index is 0.00263. The normalized spacial score (nSPS) is 10.2. The quantitative estimate of drug-likeness (QED) is 0.423. The summed E-state index contributed by atoms with van der Waals surface area (Å²) in [6.07, 6.45) is 1.65. The van der Waals surface area contributed by atoms with Crippen LogP contribution in [-0.4, -0.2) is 29.4 Å². The number of carbonyl (C=O) groups is 1. The zero-order valence-electron chi connectivity index (χ0n) is 13.6. The zero-order valence-corrected chi connectivity index (χ0v) is 14.4. The molecule has 1 amide bonds. The van der Waals surface area contributed by atoms with Gasteiger partial charge in [0.25, 0.3) is 11.6 Å². The van der Waals surface area contributed by atoms with Crippen molar-refractivity contribution >= 4 is 23.2 Å². The van der Waals surface area contributed by atoms with Gasteiger partial charge >= 0.3 is 0 Å². The van der Waals surface area contributed by atoms with Crippen LogP contribution >= 0.6 is 11.6 Å². The molecule has 6 nitrogen and oxygen atoms in total. The largest absolute Gasteiger partial charge is 0.490 e. The Bertz CT molecular complexity index is 790. The van der Waals surface area contributed by atoms with Crippen LogP contribution in [0.2, 0.25) is 5.02 Å². The van der Waals surface area contributed by atoms with Crippen molar-refractivity contribution in [1.82, 2.24) is 4.90 Å². The number of hydrogen-bond acceptors (Lipinski definition) is 4. The van der Waals surface area contributed by atoms with Crippen molar-refractivity contribution in [3.05, 3.63) is 81.4 Å². The van der Waals surface area contributed by atoms with E-state index in [1.165, 1.54) is 23.1 Å². The van der Waals surface area contributed by atoms with E-state index < -0.39 is 10.8 Å². The van der Waals surface area contributed by atoms with Crippen molar-refractivity contribution in [3.63, 3.8) is 0 Å². The van der Waals surface area contributed by atoms with Gasteiger partial charge in [-0.25, -0.2) is 0 Å². The first-order chi connectivity index (χ1) is 11.9. The number of rotatable bonds is 7. The molecule has 2 rings (SSSR count). The number of nitro benzene ring substituents is 1. The monoisotopic (exact) mass is 360 g/mol. The van der Waals surface area contributed by atoms with Crippen molar-refractivity contribution in [2.24, 2.45) is 0 Å². The molecule has 0 saturated carbocycles. The maximum absolute atomic E-state index is 12.5. The molecular formula is C18H17ClN2O4. The lowest BCUT2D eigenvalue weighted by Crippen LogP contribution is -2.26. The molecule has 0 heterocycles. The molecule has 0 unspecified atom stereocenters. The SMILES string of the molecule is C=CCOc1ccc(CN(C)C(=O)c2ccc(Cl)cc2[N+](=O)[O-])cc1. The average molecular weight is 361 g/mol. The van der Waals surface area contributed by atoms with E-state index in [1.54, 1.807) is 25.3 Å². The molecule has 0 saturated heterocycles. The number of carbonyl (C=O) groups excluding carboxylic acids is 1. The summed E-state index contributed by atoms with van der Waals surface area (Å²) in [5.41, 5.74) is 0.568. The van der Waals surface area contributed by atoms with E-state index in [-0.39, 0.29) is 16.3 Å².